The van der Waals surface area contributed by atoms with Gasteiger partial charge in [-0.1, -0.05) is 19.3 Å². The summed E-state index contributed by atoms with van der Waals surface area (Å²) in [6.45, 7) is 6.10. The molecule has 2 aliphatic carbocycles. The zero-order valence-electron chi connectivity index (χ0n) is 10.7. The maximum Gasteiger partial charge on any atom is 0.0196 e. The maximum absolute atomic E-state index is 3.52. The molecule has 3 fully saturated rings. The molecule has 0 radical (unpaired) electrons. The Kier molecular flexibility index (Phi) is 2.97. The van der Waals surface area contributed by atoms with Gasteiger partial charge >= 0.3 is 0 Å². The second kappa shape index (κ2) is 4.30. The number of nitrogens with one attached hydrogen (secondary N) is 1. The van der Waals surface area contributed by atoms with Gasteiger partial charge < -0.3 is 5.32 Å². The van der Waals surface area contributed by atoms with Gasteiger partial charge in [0.05, 0.1) is 0 Å². The molecule has 0 aromatic carbocycles. The van der Waals surface area contributed by atoms with Crippen molar-refractivity contribution in [1.29, 1.82) is 0 Å². The van der Waals surface area contributed by atoms with E-state index in [1.807, 2.05) is 0 Å². The highest BCUT2D eigenvalue weighted by atomic mass is 15.3. The van der Waals surface area contributed by atoms with E-state index in [0.717, 1.165) is 17.5 Å². The molecule has 0 bridgehead atoms. The molecule has 2 heteroatoms. The summed E-state index contributed by atoms with van der Waals surface area (Å²) in [7, 11) is 0. The Labute approximate surface area is 99.8 Å². The first kappa shape index (κ1) is 11.0. The Bertz CT molecular complexity index is 245. The molecule has 1 saturated heterocycles. The van der Waals surface area contributed by atoms with E-state index in [1.54, 1.807) is 0 Å². The quantitative estimate of drug-likeness (QED) is 0.733. The zero-order valence-corrected chi connectivity index (χ0v) is 10.7. The van der Waals surface area contributed by atoms with Gasteiger partial charge in [-0.15, -0.1) is 0 Å². The van der Waals surface area contributed by atoms with Gasteiger partial charge in [0.25, 0.3) is 0 Å². The van der Waals surface area contributed by atoms with Crippen LogP contribution in [0.15, 0.2) is 0 Å². The predicted octanol–water partition coefficient (Wildman–Crippen LogP) is 2.39. The molecule has 0 aromatic heterocycles. The van der Waals surface area contributed by atoms with E-state index < -0.39 is 0 Å². The van der Waals surface area contributed by atoms with Gasteiger partial charge in [0.1, 0.15) is 0 Å². The summed E-state index contributed by atoms with van der Waals surface area (Å²) in [6.07, 6.45) is 10.5. The van der Waals surface area contributed by atoms with Gasteiger partial charge in [-0.2, -0.15) is 0 Å². The fourth-order valence-electron chi connectivity index (χ4n) is 4.36. The lowest BCUT2D eigenvalue weighted by Gasteiger charge is -2.58. The van der Waals surface area contributed by atoms with Crippen molar-refractivity contribution >= 4 is 0 Å². The lowest BCUT2D eigenvalue weighted by Crippen LogP contribution is -2.63. The standard InChI is InChI=1S/C14H26N2/c1-12-11-15-9-10-16(12)13-5-8-14(13)6-3-2-4-7-14/h12-13,15H,2-11H2,1H3/t12-,13?/m0/s1. The van der Waals surface area contributed by atoms with Crippen molar-refractivity contribution in [1.82, 2.24) is 10.2 Å². The summed E-state index contributed by atoms with van der Waals surface area (Å²) < 4.78 is 0. The lowest BCUT2D eigenvalue weighted by molar-refractivity contribution is -0.0735. The smallest absolute Gasteiger partial charge is 0.0196 e. The van der Waals surface area contributed by atoms with Crippen molar-refractivity contribution in [2.75, 3.05) is 19.6 Å². The molecule has 0 amide bonds. The van der Waals surface area contributed by atoms with Crippen LogP contribution in [0.2, 0.25) is 0 Å². The Balaban J connectivity index is 1.69. The van der Waals surface area contributed by atoms with Crippen LogP contribution in [-0.4, -0.2) is 36.6 Å². The number of hydrogen-bond donors (Lipinski definition) is 1. The van der Waals surface area contributed by atoms with Crippen LogP contribution in [0.4, 0.5) is 0 Å². The van der Waals surface area contributed by atoms with Crippen LogP contribution in [0.1, 0.15) is 51.9 Å². The van der Waals surface area contributed by atoms with E-state index in [2.05, 4.69) is 17.1 Å². The number of nitrogens with zero attached hydrogens (tertiary/aromatic N) is 1. The number of hydrogen-bond acceptors (Lipinski definition) is 2. The lowest BCUT2D eigenvalue weighted by atomic mass is 9.56. The molecule has 1 N–H and O–H groups in total. The van der Waals surface area contributed by atoms with Crippen molar-refractivity contribution in [3.63, 3.8) is 0 Å². The van der Waals surface area contributed by atoms with Gasteiger partial charge in [-0.3, -0.25) is 4.90 Å². The van der Waals surface area contributed by atoms with Crippen LogP contribution in [0.5, 0.6) is 0 Å². The second-order valence-corrected chi connectivity index (χ2v) is 6.27. The average molecular weight is 222 g/mol. The Morgan fingerprint density at radius 2 is 1.94 bits per heavy atom. The highest BCUT2D eigenvalue weighted by molar-refractivity contribution is 5.04. The summed E-state index contributed by atoms with van der Waals surface area (Å²) >= 11 is 0. The Morgan fingerprint density at radius 1 is 1.12 bits per heavy atom. The normalized spacial score (nSPS) is 39.6. The molecular formula is C14H26N2. The van der Waals surface area contributed by atoms with E-state index in [0.29, 0.717) is 0 Å². The molecule has 2 nitrogen and oxygen atoms in total. The zero-order chi connectivity index (χ0) is 11.0. The molecule has 3 rings (SSSR count). The minimum absolute atomic E-state index is 0.754. The molecule has 1 heterocycles. The molecule has 2 atom stereocenters. The van der Waals surface area contributed by atoms with Crippen LogP contribution < -0.4 is 5.32 Å². The summed E-state index contributed by atoms with van der Waals surface area (Å²) in [5.41, 5.74) is 0.754. The van der Waals surface area contributed by atoms with Crippen molar-refractivity contribution in [2.24, 2.45) is 5.41 Å². The topological polar surface area (TPSA) is 15.3 Å². The summed E-state index contributed by atoms with van der Waals surface area (Å²) in [6, 6.07) is 1.70. The Hall–Kier alpha value is -0.0800. The van der Waals surface area contributed by atoms with Crippen molar-refractivity contribution in [2.45, 2.75) is 64.0 Å². The fourth-order valence-corrected chi connectivity index (χ4v) is 4.36. The van der Waals surface area contributed by atoms with Crippen molar-refractivity contribution in [3.8, 4) is 0 Å². The van der Waals surface area contributed by atoms with E-state index in [4.69, 9.17) is 0 Å². The van der Waals surface area contributed by atoms with E-state index in [1.165, 1.54) is 64.6 Å². The molecule has 2 saturated carbocycles. The first-order chi connectivity index (χ1) is 7.82. The van der Waals surface area contributed by atoms with Gasteiger partial charge in [0.15, 0.2) is 0 Å². The van der Waals surface area contributed by atoms with E-state index in [-0.39, 0.29) is 0 Å². The molecule has 3 aliphatic rings. The summed E-state index contributed by atoms with van der Waals surface area (Å²) in [5, 5.41) is 3.52. The molecule has 92 valence electrons. The molecule has 1 aliphatic heterocycles. The maximum atomic E-state index is 3.52. The Morgan fingerprint density at radius 3 is 2.56 bits per heavy atom. The van der Waals surface area contributed by atoms with E-state index in [9.17, 15) is 0 Å². The second-order valence-electron chi connectivity index (χ2n) is 6.27. The highest BCUT2D eigenvalue weighted by Crippen LogP contribution is 2.54. The fraction of sp³-hybridized carbons (Fsp3) is 1.00. The minimum atomic E-state index is 0.754. The van der Waals surface area contributed by atoms with Crippen molar-refractivity contribution < 1.29 is 0 Å². The van der Waals surface area contributed by atoms with Crippen LogP contribution in [-0.2, 0) is 0 Å². The average Bonchev–Trinajstić information content (AvgIpc) is 2.32. The molecule has 16 heavy (non-hydrogen) atoms. The summed E-state index contributed by atoms with van der Waals surface area (Å²) in [5.74, 6) is 0. The van der Waals surface area contributed by atoms with Crippen LogP contribution in [0.3, 0.4) is 0 Å². The molecule has 1 spiro atoms. The van der Waals surface area contributed by atoms with Crippen molar-refractivity contribution in [3.05, 3.63) is 0 Å². The minimum Gasteiger partial charge on any atom is -0.314 e. The first-order valence-corrected chi connectivity index (χ1v) is 7.28. The molecule has 0 aromatic rings. The third-order valence-electron chi connectivity index (χ3n) is 5.42. The van der Waals surface area contributed by atoms with E-state index >= 15 is 0 Å². The van der Waals surface area contributed by atoms with Gasteiger partial charge in [0, 0.05) is 31.7 Å². The molecular weight excluding hydrogens is 196 g/mol. The highest BCUT2D eigenvalue weighted by Gasteiger charge is 2.50. The van der Waals surface area contributed by atoms with Gasteiger partial charge in [-0.05, 0) is 38.0 Å². The number of rotatable bonds is 1. The SMILES string of the molecule is C[C@H]1CNCCN1C1CCC12CCCCC2. The predicted molar refractivity (Wildman–Crippen MR) is 67.6 cm³/mol. The van der Waals surface area contributed by atoms with Gasteiger partial charge in [-0.25, -0.2) is 0 Å². The summed E-state index contributed by atoms with van der Waals surface area (Å²) in [4.78, 5) is 2.82. The van der Waals surface area contributed by atoms with Crippen LogP contribution >= 0.6 is 0 Å². The third-order valence-corrected chi connectivity index (χ3v) is 5.42. The largest absolute Gasteiger partial charge is 0.314 e. The van der Waals surface area contributed by atoms with Crippen LogP contribution in [0, 0.1) is 5.41 Å². The number of piperazine rings is 1. The monoisotopic (exact) mass is 222 g/mol. The molecule has 1 unspecified atom stereocenters. The van der Waals surface area contributed by atoms with Crippen LogP contribution in [0.25, 0.3) is 0 Å². The first-order valence-electron chi connectivity index (χ1n) is 7.28. The van der Waals surface area contributed by atoms with Gasteiger partial charge in [0.2, 0.25) is 0 Å². The third kappa shape index (κ3) is 1.70.